The van der Waals surface area contributed by atoms with E-state index >= 15 is 0 Å². The Hall–Kier alpha value is -2.01. The number of Topliss-reactive ketones (excluding diaryl/α,β-unsaturated/α-hetero) is 1. The molecule has 3 rings (SSSR count). The largest absolute Gasteiger partial charge is 0.300 e. The third-order valence-electron chi connectivity index (χ3n) is 3.31. The third kappa shape index (κ3) is 2.04. The van der Waals surface area contributed by atoms with Gasteiger partial charge in [0.1, 0.15) is 5.82 Å². The molecule has 2 aromatic rings. The molecular weight excluding hydrogens is 277 g/mol. The van der Waals surface area contributed by atoms with Gasteiger partial charge in [-0.25, -0.2) is 4.39 Å². The lowest BCUT2D eigenvalue weighted by molar-refractivity contribution is -0.114. The lowest BCUT2D eigenvalue weighted by Gasteiger charge is -2.15. The van der Waals surface area contributed by atoms with Crippen molar-refractivity contribution in [3.05, 3.63) is 51.5 Å². The normalized spacial score (nSPS) is 14.0. The Morgan fingerprint density at radius 2 is 1.90 bits per heavy atom. The first kappa shape index (κ1) is 13.0. The molecule has 1 amide bonds. The molecule has 102 valence electrons. The van der Waals surface area contributed by atoms with Crippen LogP contribution >= 0.6 is 11.3 Å². The predicted molar refractivity (Wildman–Crippen MR) is 75.6 cm³/mol. The summed E-state index contributed by atoms with van der Waals surface area (Å²) in [6.07, 6.45) is 0.944. The van der Waals surface area contributed by atoms with Crippen LogP contribution in [0.4, 0.5) is 10.1 Å². The smallest absolute Gasteiger partial charge is 0.299 e. The maximum atomic E-state index is 13.2. The minimum atomic E-state index is -0.633. The Morgan fingerprint density at radius 1 is 1.15 bits per heavy atom. The molecule has 5 heteroatoms. The highest BCUT2D eigenvalue weighted by Crippen LogP contribution is 2.32. The number of fused-ring (bicyclic) bond motifs is 1. The van der Waals surface area contributed by atoms with Crippen LogP contribution in [0.2, 0.25) is 0 Å². The van der Waals surface area contributed by atoms with Crippen molar-refractivity contribution in [1.82, 2.24) is 0 Å². The molecule has 0 N–H and O–H groups in total. The minimum Gasteiger partial charge on any atom is -0.300 e. The Bertz CT molecular complexity index is 708. The molecule has 0 bridgehead atoms. The first-order chi connectivity index (χ1) is 9.60. The molecule has 0 radical (unpaired) electrons. The van der Waals surface area contributed by atoms with Gasteiger partial charge in [-0.2, -0.15) is 0 Å². The molecule has 1 aromatic carbocycles. The number of nitrogens with zero attached hydrogens (tertiary/aromatic N) is 1. The molecule has 0 saturated heterocycles. The summed E-state index contributed by atoms with van der Waals surface area (Å²) in [6, 6.07) is 7.86. The van der Waals surface area contributed by atoms with Gasteiger partial charge in [-0.05, 0) is 36.8 Å². The quantitative estimate of drug-likeness (QED) is 0.814. The second-order valence-corrected chi connectivity index (χ2v) is 5.86. The molecule has 2 heterocycles. The number of thiophene rings is 1. The Balaban J connectivity index is 1.95. The molecule has 0 aliphatic carbocycles. The number of hydrogen-bond acceptors (Lipinski definition) is 3. The monoisotopic (exact) mass is 289 g/mol. The number of carbonyl (C=O) groups is 2. The van der Waals surface area contributed by atoms with Crippen molar-refractivity contribution in [3.8, 4) is 0 Å². The molecule has 3 nitrogen and oxygen atoms in total. The van der Waals surface area contributed by atoms with E-state index in [4.69, 9.17) is 0 Å². The zero-order chi connectivity index (χ0) is 14.3. The number of anilines is 1. The van der Waals surface area contributed by atoms with Crippen LogP contribution in [-0.4, -0.2) is 11.7 Å². The highest BCUT2D eigenvalue weighted by molar-refractivity contribution is 7.12. The molecule has 0 saturated carbocycles. The number of aryl methyl sites for hydroxylation is 1. The van der Waals surface area contributed by atoms with E-state index in [1.54, 1.807) is 11.3 Å². The highest BCUT2D eigenvalue weighted by atomic mass is 32.1. The summed E-state index contributed by atoms with van der Waals surface area (Å²) in [4.78, 5) is 27.5. The zero-order valence-electron chi connectivity index (χ0n) is 10.9. The van der Waals surface area contributed by atoms with Crippen molar-refractivity contribution in [3.63, 3.8) is 0 Å². The van der Waals surface area contributed by atoms with E-state index in [0.29, 0.717) is 12.2 Å². The van der Waals surface area contributed by atoms with E-state index in [-0.39, 0.29) is 5.56 Å². The van der Waals surface area contributed by atoms with Crippen LogP contribution in [-0.2, 0) is 17.8 Å². The van der Waals surface area contributed by atoms with Crippen LogP contribution in [0.25, 0.3) is 0 Å². The van der Waals surface area contributed by atoms with Crippen molar-refractivity contribution in [2.24, 2.45) is 0 Å². The molecule has 0 spiro atoms. The van der Waals surface area contributed by atoms with Crippen LogP contribution in [0.5, 0.6) is 0 Å². The van der Waals surface area contributed by atoms with Crippen molar-refractivity contribution >= 4 is 28.7 Å². The number of carbonyl (C=O) groups excluding carboxylic acids is 2. The Kier molecular flexibility index (Phi) is 3.14. The van der Waals surface area contributed by atoms with Crippen molar-refractivity contribution in [1.29, 1.82) is 0 Å². The summed E-state index contributed by atoms with van der Waals surface area (Å²) in [5, 5.41) is 0. The van der Waals surface area contributed by atoms with E-state index in [2.05, 4.69) is 6.92 Å². The van der Waals surface area contributed by atoms with Crippen LogP contribution in [0.1, 0.15) is 27.0 Å². The standard InChI is InChI=1S/C15H12FNO2S/c1-2-10-4-5-11(20-10)8-17-13-6-3-9(16)7-12(13)14(18)15(17)19/h3-7H,2,8H2,1H3. The first-order valence-electron chi connectivity index (χ1n) is 6.33. The molecule has 0 atom stereocenters. The zero-order valence-corrected chi connectivity index (χ0v) is 11.7. The van der Waals surface area contributed by atoms with Gasteiger partial charge in [0.25, 0.3) is 11.7 Å². The van der Waals surface area contributed by atoms with Gasteiger partial charge in [0.2, 0.25) is 0 Å². The van der Waals surface area contributed by atoms with Crippen molar-refractivity contribution in [2.45, 2.75) is 19.9 Å². The fraction of sp³-hybridized carbons (Fsp3) is 0.200. The van der Waals surface area contributed by atoms with Crippen LogP contribution < -0.4 is 4.90 Å². The second-order valence-electron chi connectivity index (χ2n) is 4.60. The summed E-state index contributed by atoms with van der Waals surface area (Å²) in [5.41, 5.74) is 0.648. The molecule has 0 fully saturated rings. The van der Waals surface area contributed by atoms with Crippen molar-refractivity contribution < 1.29 is 14.0 Å². The number of hydrogen-bond donors (Lipinski definition) is 0. The number of halogens is 1. The maximum Gasteiger partial charge on any atom is 0.299 e. The number of amides is 1. The van der Waals surface area contributed by atoms with E-state index in [1.807, 2.05) is 12.1 Å². The summed E-state index contributed by atoms with van der Waals surface area (Å²) < 4.78 is 13.2. The van der Waals surface area contributed by atoms with Gasteiger partial charge in [0, 0.05) is 9.75 Å². The second kappa shape index (κ2) is 4.83. The number of ketones is 1. The van der Waals surface area contributed by atoms with Gasteiger partial charge >= 0.3 is 0 Å². The van der Waals surface area contributed by atoms with Gasteiger partial charge in [0.05, 0.1) is 17.8 Å². The van der Waals surface area contributed by atoms with Gasteiger partial charge in [0.15, 0.2) is 0 Å². The summed E-state index contributed by atoms with van der Waals surface area (Å²) >= 11 is 1.62. The Morgan fingerprint density at radius 3 is 2.60 bits per heavy atom. The fourth-order valence-electron chi connectivity index (χ4n) is 2.28. The molecular formula is C15H12FNO2S. The maximum absolute atomic E-state index is 13.2. The van der Waals surface area contributed by atoms with Gasteiger partial charge in [-0.15, -0.1) is 11.3 Å². The molecule has 1 aliphatic heterocycles. The lowest BCUT2D eigenvalue weighted by atomic mass is 10.1. The number of benzene rings is 1. The van der Waals surface area contributed by atoms with Gasteiger partial charge in [-0.1, -0.05) is 6.92 Å². The topological polar surface area (TPSA) is 37.4 Å². The highest BCUT2D eigenvalue weighted by Gasteiger charge is 2.36. The van der Waals surface area contributed by atoms with Crippen molar-refractivity contribution in [2.75, 3.05) is 4.90 Å². The fourth-order valence-corrected chi connectivity index (χ4v) is 3.23. The molecule has 1 aromatic heterocycles. The van der Waals surface area contributed by atoms with E-state index in [1.165, 1.54) is 21.9 Å². The first-order valence-corrected chi connectivity index (χ1v) is 7.15. The SMILES string of the molecule is CCc1ccc(CN2C(=O)C(=O)c3cc(F)ccc32)s1. The van der Waals surface area contributed by atoms with Crippen LogP contribution in [0.3, 0.4) is 0 Å². The summed E-state index contributed by atoms with van der Waals surface area (Å²) in [5.74, 6) is -1.72. The molecule has 0 unspecified atom stereocenters. The Labute approximate surface area is 119 Å². The summed E-state index contributed by atoms with van der Waals surface area (Å²) in [6.45, 7) is 2.42. The van der Waals surface area contributed by atoms with Gasteiger partial charge in [-0.3, -0.25) is 14.5 Å². The summed E-state index contributed by atoms with van der Waals surface area (Å²) in [7, 11) is 0. The van der Waals surface area contributed by atoms with E-state index in [0.717, 1.165) is 17.4 Å². The van der Waals surface area contributed by atoms with E-state index < -0.39 is 17.5 Å². The van der Waals surface area contributed by atoms with Gasteiger partial charge < -0.3 is 0 Å². The number of rotatable bonds is 3. The lowest BCUT2D eigenvalue weighted by Crippen LogP contribution is -2.28. The average molecular weight is 289 g/mol. The molecule has 1 aliphatic rings. The van der Waals surface area contributed by atoms with Crippen LogP contribution in [0, 0.1) is 5.82 Å². The average Bonchev–Trinajstić information content (AvgIpc) is 2.99. The third-order valence-corrected chi connectivity index (χ3v) is 4.53. The molecule has 20 heavy (non-hydrogen) atoms. The van der Waals surface area contributed by atoms with E-state index in [9.17, 15) is 14.0 Å². The minimum absolute atomic E-state index is 0.155. The predicted octanol–water partition coefficient (Wildman–Crippen LogP) is 3.18. The van der Waals surface area contributed by atoms with Crippen LogP contribution in [0.15, 0.2) is 30.3 Å².